The molecule has 0 bridgehead atoms. The van der Waals surface area contributed by atoms with Crippen LogP contribution in [0.2, 0.25) is 0 Å². The molecule has 0 unspecified atom stereocenters. The Bertz CT molecular complexity index is 996. The fraction of sp³-hybridized carbons (Fsp3) is 0. The summed E-state index contributed by atoms with van der Waals surface area (Å²) in [4.78, 5) is 46.9. The monoisotopic (exact) mass is 360 g/mol. The number of nitrogens with one attached hydrogen (secondary N) is 2. The average Bonchev–Trinajstić information content (AvgIpc) is 3.16. The second-order valence-electron chi connectivity index (χ2n) is 5.85. The highest BCUT2D eigenvalue weighted by Crippen LogP contribution is 2.35. The van der Waals surface area contributed by atoms with Gasteiger partial charge in [0.25, 0.3) is 23.6 Å². The predicted octanol–water partition coefficient (Wildman–Crippen LogP) is 1.56. The van der Waals surface area contributed by atoms with E-state index in [0.29, 0.717) is 22.6 Å². The lowest BCUT2D eigenvalue weighted by atomic mass is 10.0. The molecule has 0 spiro atoms. The summed E-state index contributed by atoms with van der Waals surface area (Å²) in [7, 11) is 0. The smallest absolute Gasteiger partial charge is 0.259 e. The molecule has 4 amide bonds. The Morgan fingerprint density at radius 3 is 1.37 bits per heavy atom. The van der Waals surface area contributed by atoms with Crippen molar-refractivity contribution >= 4 is 34.8 Å². The lowest BCUT2D eigenvalue weighted by molar-refractivity contribution is -0.124. The molecule has 0 saturated heterocycles. The molecular formula is C20H12N2O5. The second-order valence-corrected chi connectivity index (χ2v) is 5.85. The maximum absolute atomic E-state index is 12.0. The molecule has 0 saturated carbocycles. The summed E-state index contributed by atoms with van der Waals surface area (Å²) in [6.07, 6.45) is 2.42. The first-order valence-corrected chi connectivity index (χ1v) is 8.03. The SMILES string of the molecule is O=C1C=C(c2ccccc2Oc2ccccc2C2=CC(=O)NC2=O)C(=O)N1. The molecule has 2 aromatic rings. The van der Waals surface area contributed by atoms with Gasteiger partial charge in [-0.05, 0) is 12.1 Å². The number of imide groups is 2. The van der Waals surface area contributed by atoms with Crippen molar-refractivity contribution in [1.82, 2.24) is 10.6 Å². The lowest BCUT2D eigenvalue weighted by Gasteiger charge is -2.14. The Labute approximate surface area is 153 Å². The predicted molar refractivity (Wildman–Crippen MR) is 95.2 cm³/mol. The van der Waals surface area contributed by atoms with E-state index >= 15 is 0 Å². The first kappa shape index (κ1) is 16.5. The second kappa shape index (κ2) is 6.38. The van der Waals surface area contributed by atoms with Gasteiger partial charge in [-0.25, -0.2) is 0 Å². The average molecular weight is 360 g/mol. The van der Waals surface area contributed by atoms with Crippen LogP contribution in [0.5, 0.6) is 11.5 Å². The highest BCUT2D eigenvalue weighted by Gasteiger charge is 2.27. The summed E-state index contributed by atoms with van der Waals surface area (Å²) in [6.45, 7) is 0. The lowest BCUT2D eigenvalue weighted by Crippen LogP contribution is -2.22. The normalized spacial score (nSPS) is 16.0. The minimum atomic E-state index is -0.507. The number of rotatable bonds is 4. The van der Waals surface area contributed by atoms with Crippen LogP contribution in [0, 0.1) is 0 Å². The molecule has 0 fully saturated rings. The van der Waals surface area contributed by atoms with Gasteiger partial charge >= 0.3 is 0 Å². The van der Waals surface area contributed by atoms with Crippen molar-refractivity contribution in [3.8, 4) is 11.5 Å². The minimum Gasteiger partial charge on any atom is -0.456 e. The Morgan fingerprint density at radius 2 is 1.00 bits per heavy atom. The fourth-order valence-corrected chi connectivity index (χ4v) is 2.90. The van der Waals surface area contributed by atoms with Crippen LogP contribution in [-0.4, -0.2) is 23.6 Å². The van der Waals surface area contributed by atoms with Crippen molar-refractivity contribution in [2.75, 3.05) is 0 Å². The van der Waals surface area contributed by atoms with Gasteiger partial charge in [-0.1, -0.05) is 36.4 Å². The van der Waals surface area contributed by atoms with Crippen LogP contribution in [0.4, 0.5) is 0 Å². The zero-order valence-corrected chi connectivity index (χ0v) is 13.8. The number of amides is 4. The standard InChI is InChI=1S/C20H12N2O5/c23-17-9-13(19(25)21-17)11-5-1-3-7-15(11)27-16-8-4-2-6-12(16)14-10-18(24)22-20(14)26/h1-10H,(H,21,23,25)(H,22,24,26). The third kappa shape index (κ3) is 3.02. The molecule has 7 heteroatoms. The van der Waals surface area contributed by atoms with Gasteiger partial charge in [0, 0.05) is 23.3 Å². The molecule has 2 N–H and O–H groups in total. The molecule has 0 atom stereocenters. The highest BCUT2D eigenvalue weighted by atomic mass is 16.5. The molecule has 132 valence electrons. The molecule has 0 radical (unpaired) electrons. The van der Waals surface area contributed by atoms with E-state index in [4.69, 9.17) is 4.74 Å². The van der Waals surface area contributed by atoms with Crippen molar-refractivity contribution in [2.45, 2.75) is 0 Å². The zero-order valence-electron chi connectivity index (χ0n) is 13.8. The van der Waals surface area contributed by atoms with E-state index in [0.717, 1.165) is 0 Å². The number of ether oxygens (including phenoxy) is 1. The van der Waals surface area contributed by atoms with Gasteiger partial charge in [-0.15, -0.1) is 0 Å². The fourth-order valence-electron chi connectivity index (χ4n) is 2.90. The minimum absolute atomic E-state index is 0.195. The van der Waals surface area contributed by atoms with Crippen molar-refractivity contribution in [1.29, 1.82) is 0 Å². The molecular weight excluding hydrogens is 348 g/mol. The third-order valence-corrected chi connectivity index (χ3v) is 4.09. The van der Waals surface area contributed by atoms with Gasteiger partial charge in [-0.2, -0.15) is 0 Å². The zero-order chi connectivity index (χ0) is 19.0. The van der Waals surface area contributed by atoms with Gasteiger partial charge in [0.1, 0.15) is 11.5 Å². The molecule has 2 aliphatic heterocycles. The van der Waals surface area contributed by atoms with Crippen LogP contribution in [0.3, 0.4) is 0 Å². The van der Waals surface area contributed by atoms with E-state index in [1.165, 1.54) is 12.2 Å². The summed E-state index contributed by atoms with van der Waals surface area (Å²) in [6, 6.07) is 13.5. The van der Waals surface area contributed by atoms with Crippen LogP contribution >= 0.6 is 0 Å². The number of para-hydroxylation sites is 2. The van der Waals surface area contributed by atoms with Gasteiger partial charge in [0.2, 0.25) is 0 Å². The maximum atomic E-state index is 12.0. The van der Waals surface area contributed by atoms with Crippen LogP contribution in [0.1, 0.15) is 11.1 Å². The molecule has 2 aliphatic rings. The Balaban J connectivity index is 1.75. The molecule has 27 heavy (non-hydrogen) atoms. The van der Waals surface area contributed by atoms with Gasteiger partial charge in [-0.3, -0.25) is 29.8 Å². The van der Waals surface area contributed by atoms with E-state index in [9.17, 15) is 19.2 Å². The number of hydrogen-bond donors (Lipinski definition) is 2. The number of carbonyl (C=O) groups is 4. The summed E-state index contributed by atoms with van der Waals surface area (Å²) in [5, 5.41) is 4.40. The quantitative estimate of drug-likeness (QED) is 0.806. The topological polar surface area (TPSA) is 102 Å². The van der Waals surface area contributed by atoms with E-state index in [2.05, 4.69) is 10.6 Å². The summed E-state index contributed by atoms with van der Waals surface area (Å²) < 4.78 is 5.97. The van der Waals surface area contributed by atoms with E-state index in [1.807, 2.05) is 0 Å². The van der Waals surface area contributed by atoms with Crippen LogP contribution < -0.4 is 15.4 Å². The maximum Gasteiger partial charge on any atom is 0.259 e. The molecule has 0 aliphatic carbocycles. The summed E-state index contributed by atoms with van der Waals surface area (Å²) in [5.41, 5.74) is 1.27. The first-order chi connectivity index (χ1) is 13.0. The van der Waals surface area contributed by atoms with E-state index in [-0.39, 0.29) is 11.1 Å². The van der Waals surface area contributed by atoms with Crippen molar-refractivity contribution in [3.63, 3.8) is 0 Å². The number of carbonyl (C=O) groups excluding carboxylic acids is 4. The molecule has 7 nitrogen and oxygen atoms in total. The van der Waals surface area contributed by atoms with Crippen LogP contribution in [0.25, 0.3) is 11.1 Å². The molecule has 0 aromatic heterocycles. The van der Waals surface area contributed by atoms with Gasteiger partial charge < -0.3 is 4.74 Å². The Hall–Kier alpha value is -4.00. The largest absolute Gasteiger partial charge is 0.456 e. The Morgan fingerprint density at radius 1 is 0.593 bits per heavy atom. The molecule has 4 rings (SSSR count). The van der Waals surface area contributed by atoms with E-state index < -0.39 is 23.6 Å². The van der Waals surface area contributed by atoms with Crippen LogP contribution in [-0.2, 0) is 19.2 Å². The molecule has 2 heterocycles. The Kier molecular flexibility index (Phi) is 3.89. The van der Waals surface area contributed by atoms with E-state index in [1.54, 1.807) is 48.5 Å². The van der Waals surface area contributed by atoms with Crippen molar-refractivity contribution in [2.24, 2.45) is 0 Å². The first-order valence-electron chi connectivity index (χ1n) is 8.03. The number of hydrogen-bond acceptors (Lipinski definition) is 5. The summed E-state index contributed by atoms with van der Waals surface area (Å²) >= 11 is 0. The summed E-state index contributed by atoms with van der Waals surface area (Å²) in [5.74, 6) is -1.31. The van der Waals surface area contributed by atoms with Gasteiger partial charge in [0.15, 0.2) is 0 Å². The van der Waals surface area contributed by atoms with Crippen molar-refractivity contribution in [3.05, 3.63) is 71.8 Å². The molecule has 2 aromatic carbocycles. The number of benzene rings is 2. The third-order valence-electron chi connectivity index (χ3n) is 4.09. The van der Waals surface area contributed by atoms with Crippen LogP contribution in [0.15, 0.2) is 60.7 Å². The van der Waals surface area contributed by atoms with Crippen molar-refractivity contribution < 1.29 is 23.9 Å². The highest BCUT2D eigenvalue weighted by molar-refractivity contribution is 6.34. The van der Waals surface area contributed by atoms with Gasteiger partial charge in [0.05, 0.1) is 11.1 Å².